The zero-order valence-corrected chi connectivity index (χ0v) is 15.9. The zero-order chi connectivity index (χ0) is 19.4. The zero-order valence-electron chi connectivity index (χ0n) is 15.9. The molecule has 0 aromatic heterocycles. The molecule has 1 fully saturated rings. The van der Waals surface area contributed by atoms with Crippen LogP contribution in [0.4, 0.5) is 4.79 Å². The van der Waals surface area contributed by atoms with E-state index in [4.69, 9.17) is 5.73 Å². The van der Waals surface area contributed by atoms with Gasteiger partial charge in [-0.3, -0.25) is 4.79 Å². The quantitative estimate of drug-likeness (QED) is 0.846. The standard InChI is InChI=1S/C22H27N3O2/c1-15-8-3-5-10-17(15)19(24-22(23)27)14-21(26)25-13-7-12-20(25)18-11-6-4-9-16(18)2/h3-6,8-11,19-20H,7,12-14H2,1-2H3,(H3,23,24,27)/t19-,20+/m0/s1. The number of benzene rings is 2. The van der Waals surface area contributed by atoms with Gasteiger partial charge in [0.1, 0.15) is 0 Å². The molecule has 0 aliphatic carbocycles. The first-order valence-corrected chi connectivity index (χ1v) is 9.44. The Balaban J connectivity index is 1.82. The Morgan fingerprint density at radius 3 is 2.44 bits per heavy atom. The van der Waals surface area contributed by atoms with Gasteiger partial charge in [-0.2, -0.15) is 0 Å². The number of likely N-dealkylation sites (tertiary alicyclic amines) is 1. The second-order valence-electron chi connectivity index (χ2n) is 7.22. The Morgan fingerprint density at radius 1 is 1.11 bits per heavy atom. The summed E-state index contributed by atoms with van der Waals surface area (Å²) in [5.41, 5.74) is 9.74. The summed E-state index contributed by atoms with van der Waals surface area (Å²) in [4.78, 5) is 26.6. The van der Waals surface area contributed by atoms with E-state index in [-0.39, 0.29) is 18.4 Å². The van der Waals surface area contributed by atoms with Gasteiger partial charge in [-0.15, -0.1) is 0 Å². The van der Waals surface area contributed by atoms with Crippen LogP contribution in [0.25, 0.3) is 0 Å². The van der Waals surface area contributed by atoms with Gasteiger partial charge in [-0.1, -0.05) is 48.5 Å². The number of nitrogens with two attached hydrogens (primary N) is 1. The minimum absolute atomic E-state index is 0.0442. The van der Waals surface area contributed by atoms with Crippen LogP contribution in [0.2, 0.25) is 0 Å². The van der Waals surface area contributed by atoms with Crippen LogP contribution >= 0.6 is 0 Å². The molecule has 3 rings (SSSR count). The Kier molecular flexibility index (Phi) is 5.79. The van der Waals surface area contributed by atoms with Gasteiger partial charge in [0.15, 0.2) is 0 Å². The molecule has 1 aliphatic heterocycles. The fraction of sp³-hybridized carbons (Fsp3) is 0.364. The number of carbonyl (C=O) groups is 2. The van der Waals surface area contributed by atoms with E-state index in [1.54, 1.807) is 0 Å². The summed E-state index contributed by atoms with van der Waals surface area (Å²) in [5.74, 6) is 0.0442. The van der Waals surface area contributed by atoms with Crippen molar-refractivity contribution in [3.8, 4) is 0 Å². The normalized spacial score (nSPS) is 17.6. The van der Waals surface area contributed by atoms with Crippen LogP contribution in [-0.4, -0.2) is 23.4 Å². The molecule has 27 heavy (non-hydrogen) atoms. The second kappa shape index (κ2) is 8.25. The molecule has 5 heteroatoms. The maximum atomic E-state index is 13.2. The summed E-state index contributed by atoms with van der Waals surface area (Å²) in [7, 11) is 0. The number of amides is 3. The van der Waals surface area contributed by atoms with E-state index in [1.807, 2.05) is 48.2 Å². The van der Waals surface area contributed by atoms with Crippen LogP contribution in [0.5, 0.6) is 0 Å². The third kappa shape index (κ3) is 4.30. The Bertz CT molecular complexity index is 834. The topological polar surface area (TPSA) is 75.4 Å². The highest BCUT2D eigenvalue weighted by Crippen LogP contribution is 2.35. The summed E-state index contributed by atoms with van der Waals surface area (Å²) < 4.78 is 0. The molecule has 2 atom stereocenters. The summed E-state index contributed by atoms with van der Waals surface area (Å²) in [6.45, 7) is 4.80. The number of hydrogen-bond acceptors (Lipinski definition) is 2. The van der Waals surface area contributed by atoms with Crippen LogP contribution in [0, 0.1) is 13.8 Å². The number of nitrogens with one attached hydrogen (secondary N) is 1. The molecule has 1 heterocycles. The average molecular weight is 365 g/mol. The van der Waals surface area contributed by atoms with Crippen molar-refractivity contribution >= 4 is 11.9 Å². The molecule has 142 valence electrons. The summed E-state index contributed by atoms with van der Waals surface area (Å²) >= 11 is 0. The fourth-order valence-electron chi connectivity index (χ4n) is 4.03. The highest BCUT2D eigenvalue weighted by atomic mass is 16.2. The van der Waals surface area contributed by atoms with Gasteiger partial charge in [0.2, 0.25) is 5.91 Å². The lowest BCUT2D eigenvalue weighted by molar-refractivity contribution is -0.132. The maximum absolute atomic E-state index is 13.2. The second-order valence-corrected chi connectivity index (χ2v) is 7.22. The van der Waals surface area contributed by atoms with Gasteiger partial charge in [-0.25, -0.2) is 4.79 Å². The van der Waals surface area contributed by atoms with Crippen LogP contribution in [-0.2, 0) is 4.79 Å². The first-order chi connectivity index (χ1) is 13.0. The van der Waals surface area contributed by atoms with Crippen LogP contribution in [0.1, 0.15) is 53.6 Å². The highest BCUT2D eigenvalue weighted by molar-refractivity contribution is 5.79. The molecule has 2 aromatic carbocycles. The predicted molar refractivity (Wildman–Crippen MR) is 106 cm³/mol. The summed E-state index contributed by atoms with van der Waals surface area (Å²) in [6, 6.07) is 15.1. The Labute approximate surface area is 160 Å². The van der Waals surface area contributed by atoms with Gasteiger partial charge in [0, 0.05) is 6.54 Å². The minimum Gasteiger partial charge on any atom is -0.352 e. The van der Waals surface area contributed by atoms with Crippen LogP contribution in [0.15, 0.2) is 48.5 Å². The number of urea groups is 1. The smallest absolute Gasteiger partial charge is 0.312 e. The van der Waals surface area contributed by atoms with E-state index in [0.717, 1.165) is 30.5 Å². The Hall–Kier alpha value is -2.82. The third-order valence-electron chi connectivity index (χ3n) is 5.38. The SMILES string of the molecule is Cc1ccccc1[C@H](CC(=O)N1CCC[C@@H]1c1ccccc1C)NC(N)=O. The van der Waals surface area contributed by atoms with E-state index in [1.165, 1.54) is 11.1 Å². The van der Waals surface area contributed by atoms with Crippen molar-refractivity contribution in [2.75, 3.05) is 6.54 Å². The molecular formula is C22H27N3O2. The summed E-state index contributed by atoms with van der Waals surface area (Å²) in [5, 5.41) is 2.75. The van der Waals surface area contributed by atoms with E-state index >= 15 is 0 Å². The fourth-order valence-corrected chi connectivity index (χ4v) is 4.03. The Morgan fingerprint density at radius 2 is 1.78 bits per heavy atom. The first kappa shape index (κ1) is 19.0. The largest absolute Gasteiger partial charge is 0.352 e. The van der Waals surface area contributed by atoms with Gasteiger partial charge >= 0.3 is 6.03 Å². The van der Waals surface area contributed by atoms with Gasteiger partial charge in [-0.05, 0) is 48.9 Å². The van der Waals surface area contributed by atoms with Gasteiger partial charge in [0.25, 0.3) is 0 Å². The lowest BCUT2D eigenvalue weighted by Gasteiger charge is -2.28. The molecule has 3 amide bonds. The molecule has 0 radical (unpaired) electrons. The van der Waals surface area contributed by atoms with Crippen LogP contribution < -0.4 is 11.1 Å². The molecule has 0 bridgehead atoms. The molecule has 2 aromatic rings. The molecule has 0 spiro atoms. The number of carbonyl (C=O) groups excluding carboxylic acids is 2. The molecule has 0 saturated carbocycles. The highest BCUT2D eigenvalue weighted by Gasteiger charge is 2.32. The van der Waals surface area contributed by atoms with Crippen molar-refractivity contribution in [2.45, 2.75) is 45.2 Å². The van der Waals surface area contributed by atoms with E-state index in [2.05, 4.69) is 24.4 Å². The van der Waals surface area contributed by atoms with Gasteiger partial charge in [0.05, 0.1) is 18.5 Å². The van der Waals surface area contributed by atoms with Crippen LogP contribution in [0.3, 0.4) is 0 Å². The van der Waals surface area contributed by atoms with Crippen molar-refractivity contribution < 1.29 is 9.59 Å². The van der Waals surface area contributed by atoms with E-state index in [9.17, 15) is 9.59 Å². The summed E-state index contributed by atoms with van der Waals surface area (Å²) in [6.07, 6.45) is 2.16. The van der Waals surface area contributed by atoms with Crippen molar-refractivity contribution in [1.29, 1.82) is 0 Å². The predicted octanol–water partition coefficient (Wildman–Crippen LogP) is 3.77. The number of rotatable bonds is 5. The lowest BCUT2D eigenvalue weighted by atomic mass is 9.96. The third-order valence-corrected chi connectivity index (χ3v) is 5.38. The number of primary amides is 1. The minimum atomic E-state index is -0.618. The first-order valence-electron chi connectivity index (χ1n) is 9.44. The van der Waals surface area contributed by atoms with Crippen molar-refractivity contribution in [2.24, 2.45) is 5.73 Å². The molecule has 0 unspecified atom stereocenters. The molecule has 1 aliphatic rings. The lowest BCUT2D eigenvalue weighted by Crippen LogP contribution is -2.38. The van der Waals surface area contributed by atoms with E-state index < -0.39 is 12.1 Å². The average Bonchev–Trinajstić information content (AvgIpc) is 3.11. The number of nitrogens with zero attached hydrogens (tertiary/aromatic N) is 1. The number of aryl methyl sites for hydroxylation is 2. The van der Waals surface area contributed by atoms with Crippen molar-refractivity contribution in [1.82, 2.24) is 10.2 Å². The van der Waals surface area contributed by atoms with Crippen molar-refractivity contribution in [3.63, 3.8) is 0 Å². The maximum Gasteiger partial charge on any atom is 0.312 e. The van der Waals surface area contributed by atoms with Gasteiger partial charge < -0.3 is 16.0 Å². The monoisotopic (exact) mass is 365 g/mol. The molecule has 1 saturated heterocycles. The molecular weight excluding hydrogens is 338 g/mol. The van der Waals surface area contributed by atoms with Crippen molar-refractivity contribution in [3.05, 3.63) is 70.8 Å². The van der Waals surface area contributed by atoms with E-state index in [0.29, 0.717) is 0 Å². The molecule has 5 nitrogen and oxygen atoms in total. The number of hydrogen-bond donors (Lipinski definition) is 2. The molecule has 3 N–H and O–H groups in total.